The summed E-state index contributed by atoms with van der Waals surface area (Å²) in [6.07, 6.45) is 2.64. The van der Waals surface area contributed by atoms with Gasteiger partial charge in [-0.1, -0.05) is 13.0 Å². The summed E-state index contributed by atoms with van der Waals surface area (Å²) in [5.74, 6) is 0.712. The second-order valence-corrected chi connectivity index (χ2v) is 7.59. The number of hydrogen-bond donors (Lipinski definition) is 2. The van der Waals surface area contributed by atoms with Gasteiger partial charge in [0.1, 0.15) is 11.5 Å². The molecule has 3 rings (SSSR count). The summed E-state index contributed by atoms with van der Waals surface area (Å²) >= 11 is 1.72. The summed E-state index contributed by atoms with van der Waals surface area (Å²) in [4.78, 5) is 31.6. The number of hydrogen-bond acceptors (Lipinski definition) is 5. The van der Waals surface area contributed by atoms with Gasteiger partial charge in [0, 0.05) is 38.1 Å². The molecule has 0 bridgehead atoms. The number of carbonyl (C=O) groups is 2. The van der Waals surface area contributed by atoms with E-state index in [-0.39, 0.29) is 11.8 Å². The molecule has 0 fully saturated rings. The van der Waals surface area contributed by atoms with Crippen LogP contribution in [0.2, 0.25) is 0 Å². The Morgan fingerprint density at radius 1 is 1.21 bits per heavy atom. The molecule has 0 spiro atoms. The number of aromatic nitrogens is 2. The third kappa shape index (κ3) is 4.51. The molecule has 0 radical (unpaired) electrons. The van der Waals surface area contributed by atoms with Crippen molar-refractivity contribution >= 4 is 34.6 Å². The Balaban J connectivity index is 1.83. The predicted molar refractivity (Wildman–Crippen MR) is 112 cm³/mol. The average Bonchev–Trinajstić information content (AvgIpc) is 3.31. The average molecular weight is 400 g/mol. The normalized spacial score (nSPS) is 10.8. The summed E-state index contributed by atoms with van der Waals surface area (Å²) in [6.45, 7) is 5.11. The third-order valence-electron chi connectivity index (χ3n) is 4.38. The maximum atomic E-state index is 12.5. The molecule has 2 amide bonds. The molecule has 28 heavy (non-hydrogen) atoms. The molecule has 7 nitrogen and oxygen atoms in total. The molecule has 2 N–H and O–H groups in total. The number of aryl methyl sites for hydroxylation is 1. The molecule has 3 aromatic heterocycles. The van der Waals surface area contributed by atoms with Crippen LogP contribution in [-0.2, 0) is 17.8 Å². The standard InChI is InChI=1S/C20H25N5O2S/c1-4-17-20(24(3)13-16-6-5-11-28-16)25-12-15(7-8-18(25)23-17)19(27)22-10-9-21-14(2)26/h5-8,11-12H,4,9-10,13H2,1-3H3,(H,21,26)(H,22,27). The fraction of sp³-hybridized carbons (Fsp3) is 0.350. The van der Waals surface area contributed by atoms with Crippen LogP contribution in [0.1, 0.15) is 34.8 Å². The lowest BCUT2D eigenvalue weighted by Gasteiger charge is -2.19. The van der Waals surface area contributed by atoms with Gasteiger partial charge < -0.3 is 15.5 Å². The highest BCUT2D eigenvalue weighted by Crippen LogP contribution is 2.25. The highest BCUT2D eigenvalue weighted by Gasteiger charge is 2.17. The SMILES string of the molecule is CCc1nc2ccc(C(=O)NCCNC(C)=O)cn2c1N(C)Cc1cccs1. The first-order chi connectivity index (χ1) is 13.5. The van der Waals surface area contributed by atoms with Gasteiger partial charge in [0.25, 0.3) is 5.91 Å². The molecule has 0 unspecified atom stereocenters. The van der Waals surface area contributed by atoms with E-state index in [1.54, 1.807) is 17.4 Å². The van der Waals surface area contributed by atoms with Crippen LogP contribution in [0.15, 0.2) is 35.8 Å². The molecule has 148 valence electrons. The number of anilines is 1. The highest BCUT2D eigenvalue weighted by molar-refractivity contribution is 7.09. The summed E-state index contributed by atoms with van der Waals surface area (Å²) in [5.41, 5.74) is 2.38. The maximum absolute atomic E-state index is 12.5. The molecule has 0 aliphatic rings. The van der Waals surface area contributed by atoms with Crippen LogP contribution in [0, 0.1) is 0 Å². The minimum Gasteiger partial charge on any atom is -0.355 e. The van der Waals surface area contributed by atoms with Crippen molar-refractivity contribution in [3.05, 3.63) is 52.0 Å². The lowest BCUT2D eigenvalue weighted by molar-refractivity contribution is -0.118. The van der Waals surface area contributed by atoms with Gasteiger partial charge in [0.2, 0.25) is 5.91 Å². The number of carbonyl (C=O) groups excluding carboxylic acids is 2. The van der Waals surface area contributed by atoms with Gasteiger partial charge in [-0.25, -0.2) is 4.98 Å². The van der Waals surface area contributed by atoms with E-state index in [1.807, 2.05) is 29.8 Å². The van der Waals surface area contributed by atoms with Gasteiger partial charge >= 0.3 is 0 Å². The number of thiophene rings is 1. The number of imidazole rings is 1. The molecule has 3 aromatic rings. The minimum atomic E-state index is -0.175. The van der Waals surface area contributed by atoms with Gasteiger partial charge in [0.15, 0.2) is 0 Å². The van der Waals surface area contributed by atoms with Gasteiger partial charge in [-0.2, -0.15) is 0 Å². The summed E-state index contributed by atoms with van der Waals surface area (Å²) < 4.78 is 1.98. The van der Waals surface area contributed by atoms with Crippen molar-refractivity contribution in [1.29, 1.82) is 0 Å². The van der Waals surface area contributed by atoms with E-state index in [9.17, 15) is 9.59 Å². The van der Waals surface area contributed by atoms with Crippen LogP contribution in [0.4, 0.5) is 5.82 Å². The van der Waals surface area contributed by atoms with Crippen LogP contribution in [0.5, 0.6) is 0 Å². The molecule has 0 atom stereocenters. The van der Waals surface area contributed by atoms with Crippen LogP contribution in [0.25, 0.3) is 5.65 Å². The minimum absolute atomic E-state index is 0.111. The largest absolute Gasteiger partial charge is 0.355 e. The van der Waals surface area contributed by atoms with Crippen molar-refractivity contribution in [2.45, 2.75) is 26.8 Å². The number of rotatable bonds is 8. The number of nitrogens with one attached hydrogen (secondary N) is 2. The van der Waals surface area contributed by atoms with Crippen LogP contribution in [0.3, 0.4) is 0 Å². The zero-order valence-electron chi connectivity index (χ0n) is 16.4. The Hall–Kier alpha value is -2.87. The van der Waals surface area contributed by atoms with Gasteiger partial charge in [-0.15, -0.1) is 11.3 Å². The highest BCUT2D eigenvalue weighted by atomic mass is 32.1. The number of nitrogens with zero attached hydrogens (tertiary/aromatic N) is 3. The van der Waals surface area contributed by atoms with Crippen molar-refractivity contribution in [2.75, 3.05) is 25.0 Å². The second kappa shape index (κ2) is 8.88. The molecule has 0 aliphatic heterocycles. The van der Waals surface area contributed by atoms with Crippen molar-refractivity contribution in [3.63, 3.8) is 0 Å². The number of fused-ring (bicyclic) bond motifs is 1. The molecule has 0 aliphatic carbocycles. The predicted octanol–water partition coefficient (Wildman–Crippen LogP) is 2.46. The quantitative estimate of drug-likeness (QED) is 0.571. The van der Waals surface area contributed by atoms with E-state index in [1.165, 1.54) is 11.8 Å². The molecule has 0 saturated carbocycles. The third-order valence-corrected chi connectivity index (χ3v) is 5.24. The zero-order chi connectivity index (χ0) is 20.1. The maximum Gasteiger partial charge on any atom is 0.252 e. The lowest BCUT2D eigenvalue weighted by atomic mass is 10.2. The zero-order valence-corrected chi connectivity index (χ0v) is 17.2. The van der Waals surface area contributed by atoms with E-state index >= 15 is 0 Å². The van der Waals surface area contributed by atoms with Crippen molar-refractivity contribution < 1.29 is 9.59 Å². The van der Waals surface area contributed by atoms with Crippen molar-refractivity contribution in [2.24, 2.45) is 0 Å². The fourth-order valence-corrected chi connectivity index (χ4v) is 3.84. The van der Waals surface area contributed by atoms with Crippen LogP contribution < -0.4 is 15.5 Å². The first-order valence-corrected chi connectivity index (χ1v) is 10.1. The van der Waals surface area contributed by atoms with Gasteiger partial charge in [0.05, 0.1) is 17.8 Å². The van der Waals surface area contributed by atoms with E-state index in [0.717, 1.165) is 30.1 Å². The first kappa shape index (κ1) is 19.9. The summed E-state index contributed by atoms with van der Waals surface area (Å²) in [5, 5.41) is 7.56. The Bertz CT molecular complexity index is 965. The van der Waals surface area contributed by atoms with Gasteiger partial charge in [-0.3, -0.25) is 14.0 Å². The summed E-state index contributed by atoms with van der Waals surface area (Å²) in [6, 6.07) is 7.80. The number of pyridine rings is 1. The van der Waals surface area contributed by atoms with Crippen molar-refractivity contribution in [1.82, 2.24) is 20.0 Å². The van der Waals surface area contributed by atoms with Crippen LogP contribution in [-0.4, -0.2) is 41.3 Å². The first-order valence-electron chi connectivity index (χ1n) is 9.26. The Kier molecular flexibility index (Phi) is 6.30. The van der Waals surface area contributed by atoms with Crippen LogP contribution >= 0.6 is 11.3 Å². The van der Waals surface area contributed by atoms with E-state index in [4.69, 9.17) is 4.98 Å². The Morgan fingerprint density at radius 2 is 2.00 bits per heavy atom. The molecular formula is C20H25N5O2S. The van der Waals surface area contributed by atoms with Gasteiger partial charge in [-0.05, 0) is 30.0 Å². The monoisotopic (exact) mass is 399 g/mol. The topological polar surface area (TPSA) is 78.7 Å². The number of amides is 2. The van der Waals surface area contributed by atoms with E-state index in [0.29, 0.717) is 18.7 Å². The molecule has 3 heterocycles. The van der Waals surface area contributed by atoms with E-state index < -0.39 is 0 Å². The molecule has 0 aromatic carbocycles. The Labute approximate surface area is 168 Å². The molecular weight excluding hydrogens is 374 g/mol. The molecule has 0 saturated heterocycles. The lowest BCUT2D eigenvalue weighted by Crippen LogP contribution is -2.33. The molecule has 8 heteroatoms. The fourth-order valence-electron chi connectivity index (χ4n) is 3.08. The Morgan fingerprint density at radius 3 is 2.68 bits per heavy atom. The summed E-state index contributed by atoms with van der Waals surface area (Å²) in [7, 11) is 2.04. The smallest absolute Gasteiger partial charge is 0.252 e. The second-order valence-electron chi connectivity index (χ2n) is 6.56. The van der Waals surface area contributed by atoms with Crippen molar-refractivity contribution in [3.8, 4) is 0 Å². The van der Waals surface area contributed by atoms with E-state index in [2.05, 4.69) is 33.9 Å².